The fourth-order valence-electron chi connectivity index (χ4n) is 4.68. The number of halogens is 1. The number of nitrogens with zero attached hydrogens (tertiary/aromatic N) is 2. The minimum atomic E-state index is -1.67. The average molecular weight is 555 g/mol. The van der Waals surface area contributed by atoms with Crippen molar-refractivity contribution in [2.45, 2.75) is 69.4 Å². The minimum absolute atomic E-state index is 0.0132. The molecule has 2 saturated heterocycles. The maximum Gasteiger partial charge on any atom is 0.305 e. The third kappa shape index (κ3) is 5.95. The van der Waals surface area contributed by atoms with Crippen LogP contribution in [0.5, 0.6) is 0 Å². The van der Waals surface area contributed by atoms with Crippen LogP contribution in [0.1, 0.15) is 44.1 Å². The number of ether oxygens (including phenoxy) is 4. The van der Waals surface area contributed by atoms with E-state index in [0.29, 0.717) is 5.56 Å². The van der Waals surface area contributed by atoms with E-state index in [9.17, 15) is 19.2 Å². The Balaban J connectivity index is 1.55. The maximum atomic E-state index is 13.2. The summed E-state index contributed by atoms with van der Waals surface area (Å²) in [6, 6.07) is 9.98. The highest BCUT2D eigenvalue weighted by atomic mass is 19.1. The molecule has 5 N–H and O–H groups in total. The number of nitrogens with two attached hydrogens (primary N) is 1. The van der Waals surface area contributed by atoms with Crippen molar-refractivity contribution in [3.63, 3.8) is 0 Å². The molecular weight excluding hydrogens is 523 g/mol. The zero-order valence-corrected chi connectivity index (χ0v) is 22.3. The smallest absolute Gasteiger partial charge is 0.305 e. The maximum absolute atomic E-state index is 13.2. The Hall–Kier alpha value is -3.96. The molecule has 40 heavy (non-hydrogen) atoms. The molecule has 2 aromatic rings. The van der Waals surface area contributed by atoms with Crippen molar-refractivity contribution >= 4 is 24.1 Å². The second-order valence-corrected chi connectivity index (χ2v) is 9.88. The van der Waals surface area contributed by atoms with Crippen molar-refractivity contribution in [3.8, 4) is 6.07 Å². The number of amides is 1. The van der Waals surface area contributed by atoms with Gasteiger partial charge in [0.1, 0.15) is 43.1 Å². The van der Waals surface area contributed by atoms with Crippen molar-refractivity contribution in [3.05, 3.63) is 59.2 Å². The molecule has 0 saturated carbocycles. The van der Waals surface area contributed by atoms with Crippen molar-refractivity contribution in [1.82, 2.24) is 10.3 Å². The molecule has 5 atom stereocenters. The zero-order valence-electron chi connectivity index (χ0n) is 22.3. The van der Waals surface area contributed by atoms with Crippen LogP contribution in [0.2, 0.25) is 0 Å². The van der Waals surface area contributed by atoms with Crippen LogP contribution in [-0.2, 0) is 40.6 Å². The quantitative estimate of drug-likeness (QED) is 0.205. The van der Waals surface area contributed by atoms with E-state index in [1.807, 2.05) is 0 Å². The second kappa shape index (κ2) is 11.6. The fourth-order valence-corrected chi connectivity index (χ4v) is 4.68. The van der Waals surface area contributed by atoms with Crippen LogP contribution in [0.4, 0.5) is 4.39 Å². The molecule has 0 aliphatic carbocycles. The largest absolute Gasteiger partial charge is 0.463 e. The number of aliphatic imine (C=N–C) groups is 1. The van der Waals surface area contributed by atoms with E-state index in [4.69, 9.17) is 30.1 Å². The highest BCUT2D eigenvalue weighted by molar-refractivity contribution is 6.10. The summed E-state index contributed by atoms with van der Waals surface area (Å²) in [5.41, 5.74) is 5.62. The SMILES string of the molecule is CCC(=O)OC[C@H]1O[C@@](C#N)(c2ccc(C(=NC=N)NC(=O)[C@@H](N)Cc3ccc(F)cc3)[nH]2)[C@@H]2OC(C)(C)O[C@@H]21. The van der Waals surface area contributed by atoms with Crippen LogP contribution in [0.25, 0.3) is 0 Å². The van der Waals surface area contributed by atoms with Gasteiger partial charge >= 0.3 is 5.97 Å². The summed E-state index contributed by atoms with van der Waals surface area (Å²) in [5.74, 6) is -2.44. The van der Waals surface area contributed by atoms with Crippen LogP contribution >= 0.6 is 0 Å². The normalized spacial score (nSPS) is 26.0. The van der Waals surface area contributed by atoms with E-state index >= 15 is 0 Å². The summed E-state index contributed by atoms with van der Waals surface area (Å²) in [5, 5.41) is 20.4. The number of aromatic nitrogens is 1. The van der Waals surface area contributed by atoms with E-state index in [1.54, 1.807) is 32.9 Å². The molecule has 0 bridgehead atoms. The lowest BCUT2D eigenvalue weighted by atomic mass is 9.93. The van der Waals surface area contributed by atoms with Gasteiger partial charge in [-0.2, -0.15) is 5.26 Å². The van der Waals surface area contributed by atoms with Gasteiger partial charge in [-0.05, 0) is 50.1 Å². The molecule has 3 heterocycles. The Morgan fingerprint density at radius 1 is 1.27 bits per heavy atom. The molecule has 0 radical (unpaired) electrons. The van der Waals surface area contributed by atoms with Crippen molar-refractivity contribution < 1.29 is 32.9 Å². The highest BCUT2D eigenvalue weighted by Gasteiger charge is 2.65. The fraction of sp³-hybridized carbons (Fsp3) is 0.444. The van der Waals surface area contributed by atoms with Gasteiger partial charge in [-0.15, -0.1) is 0 Å². The number of rotatable bonds is 9. The van der Waals surface area contributed by atoms with E-state index < -0.39 is 53.4 Å². The summed E-state index contributed by atoms with van der Waals surface area (Å²) < 4.78 is 36.7. The molecule has 2 fully saturated rings. The Kier molecular flexibility index (Phi) is 8.45. The van der Waals surface area contributed by atoms with Gasteiger partial charge in [-0.1, -0.05) is 19.1 Å². The summed E-state index contributed by atoms with van der Waals surface area (Å²) in [6.07, 6.45) is -1.28. The van der Waals surface area contributed by atoms with Gasteiger partial charge in [0.2, 0.25) is 11.5 Å². The van der Waals surface area contributed by atoms with Crippen molar-refractivity contribution in [2.24, 2.45) is 10.7 Å². The molecule has 2 aliphatic heterocycles. The topological polar surface area (TPSA) is 185 Å². The van der Waals surface area contributed by atoms with Gasteiger partial charge in [-0.3, -0.25) is 15.0 Å². The van der Waals surface area contributed by atoms with Crippen molar-refractivity contribution in [1.29, 1.82) is 10.7 Å². The van der Waals surface area contributed by atoms with Gasteiger partial charge in [-0.25, -0.2) is 9.38 Å². The average Bonchev–Trinajstić information content (AvgIpc) is 3.61. The number of fused-ring (bicyclic) bond motifs is 1. The Labute approximate surface area is 230 Å². The Morgan fingerprint density at radius 2 is 2.00 bits per heavy atom. The van der Waals surface area contributed by atoms with Gasteiger partial charge in [0.05, 0.1) is 17.4 Å². The first-order chi connectivity index (χ1) is 19.0. The predicted octanol–water partition coefficient (Wildman–Crippen LogP) is 1.78. The summed E-state index contributed by atoms with van der Waals surface area (Å²) in [6.45, 7) is 4.96. The van der Waals surface area contributed by atoms with E-state index in [0.717, 1.165) is 6.34 Å². The molecule has 1 amide bonds. The monoisotopic (exact) mass is 554 g/mol. The third-order valence-corrected chi connectivity index (χ3v) is 6.58. The first kappa shape index (κ1) is 29.0. The van der Waals surface area contributed by atoms with Crippen LogP contribution in [0.15, 0.2) is 41.4 Å². The first-order valence-corrected chi connectivity index (χ1v) is 12.7. The number of amidine groups is 1. The predicted molar refractivity (Wildman–Crippen MR) is 140 cm³/mol. The van der Waals surface area contributed by atoms with Crippen LogP contribution < -0.4 is 11.1 Å². The summed E-state index contributed by atoms with van der Waals surface area (Å²) >= 11 is 0. The molecule has 4 rings (SSSR count). The van der Waals surface area contributed by atoms with E-state index in [-0.39, 0.29) is 36.7 Å². The number of nitrogens with one attached hydrogen (secondary N) is 3. The number of nitriles is 1. The minimum Gasteiger partial charge on any atom is -0.463 e. The molecule has 0 spiro atoms. The van der Waals surface area contributed by atoms with Gasteiger partial charge in [0.15, 0.2) is 11.6 Å². The number of esters is 1. The second-order valence-electron chi connectivity index (χ2n) is 9.88. The number of hydrogen-bond acceptors (Lipinski definition) is 9. The number of carbonyl (C=O) groups excluding carboxylic acids is 2. The third-order valence-electron chi connectivity index (χ3n) is 6.58. The van der Waals surface area contributed by atoms with Crippen LogP contribution in [0.3, 0.4) is 0 Å². The lowest BCUT2D eigenvalue weighted by molar-refractivity contribution is -0.206. The summed E-state index contributed by atoms with van der Waals surface area (Å²) in [7, 11) is 0. The van der Waals surface area contributed by atoms with Gasteiger partial charge < -0.3 is 35.0 Å². The molecule has 1 aromatic carbocycles. The standard InChI is InChI=1S/C27H31FN6O6/c1-4-21(35)37-12-19-22-23(40-26(2,3)39-22)27(13-29,38-19)20-10-9-18(33-20)24(32-14-30)34-25(36)17(31)11-15-5-7-16(28)8-6-15/h5-10,14,17,19,22-23,33H,4,11-12,31H2,1-3H3,(H2,30,32,34,36)/t17-,19+,22+,23+,27-/m0/s1. The molecule has 12 nitrogen and oxygen atoms in total. The Morgan fingerprint density at radius 3 is 2.65 bits per heavy atom. The Bertz CT molecular complexity index is 1340. The highest BCUT2D eigenvalue weighted by Crippen LogP contribution is 2.48. The number of aromatic amines is 1. The first-order valence-electron chi connectivity index (χ1n) is 12.7. The van der Waals surface area contributed by atoms with Gasteiger partial charge in [0.25, 0.3) is 0 Å². The number of carbonyl (C=O) groups is 2. The molecule has 212 valence electrons. The van der Waals surface area contributed by atoms with Crippen LogP contribution in [-0.4, -0.2) is 65.8 Å². The van der Waals surface area contributed by atoms with E-state index in [1.165, 1.54) is 24.3 Å². The number of benzene rings is 1. The number of H-pyrrole nitrogens is 1. The van der Waals surface area contributed by atoms with Crippen LogP contribution in [0, 0.1) is 22.6 Å². The molecule has 1 aromatic heterocycles. The number of hydrogen-bond donors (Lipinski definition) is 4. The lowest BCUT2D eigenvalue weighted by Crippen LogP contribution is -2.45. The molecule has 0 unspecified atom stereocenters. The molecule has 13 heteroatoms. The summed E-state index contributed by atoms with van der Waals surface area (Å²) in [4.78, 5) is 31.6. The van der Waals surface area contributed by atoms with E-state index in [2.05, 4.69) is 21.4 Å². The van der Waals surface area contributed by atoms with Crippen molar-refractivity contribution in [2.75, 3.05) is 6.61 Å². The molecular formula is C27H31FN6O6. The molecule has 2 aliphatic rings. The van der Waals surface area contributed by atoms with Gasteiger partial charge in [0, 0.05) is 6.42 Å². The lowest BCUT2D eigenvalue weighted by Gasteiger charge is -2.28. The zero-order chi connectivity index (χ0) is 29.1.